The van der Waals surface area contributed by atoms with Gasteiger partial charge in [-0.05, 0) is 44.6 Å². The van der Waals surface area contributed by atoms with Crippen molar-refractivity contribution in [3.63, 3.8) is 0 Å². The summed E-state index contributed by atoms with van der Waals surface area (Å²) in [7, 11) is 0. The van der Waals surface area contributed by atoms with Gasteiger partial charge in [0.1, 0.15) is 0 Å². The van der Waals surface area contributed by atoms with Crippen LogP contribution in [0.3, 0.4) is 0 Å². The molecule has 0 spiro atoms. The molecule has 2 unspecified atom stereocenters. The fourth-order valence-corrected chi connectivity index (χ4v) is 4.07. The van der Waals surface area contributed by atoms with Crippen molar-refractivity contribution in [3.05, 3.63) is 10.6 Å². The predicted molar refractivity (Wildman–Crippen MR) is 77.6 cm³/mol. The van der Waals surface area contributed by atoms with E-state index >= 15 is 0 Å². The molecule has 5 heteroatoms. The van der Waals surface area contributed by atoms with Gasteiger partial charge in [0, 0.05) is 4.88 Å². The number of carbonyl (C=O) groups excluding carboxylic acids is 1. The number of aromatic nitrogens is 1. The number of fused-ring (bicyclic) bond motifs is 1. The summed E-state index contributed by atoms with van der Waals surface area (Å²) < 4.78 is 0. The Bertz CT molecular complexity index is 465. The summed E-state index contributed by atoms with van der Waals surface area (Å²) in [6, 6.07) is -0.0238. The highest BCUT2D eigenvalue weighted by atomic mass is 32.1. The average Bonchev–Trinajstić information content (AvgIpc) is 3.06. The van der Waals surface area contributed by atoms with Gasteiger partial charge in [0.2, 0.25) is 5.91 Å². The Labute approximate surface area is 118 Å². The molecule has 0 aromatic carbocycles. The average molecular weight is 279 g/mol. The van der Waals surface area contributed by atoms with Gasteiger partial charge in [0.05, 0.1) is 11.7 Å². The van der Waals surface area contributed by atoms with Crippen molar-refractivity contribution in [1.82, 2.24) is 10.3 Å². The second kappa shape index (κ2) is 5.59. The molecule has 2 atom stereocenters. The SMILES string of the molecule is CCC1CCc2nc(NC(=O)C3CCCN3)sc2C1. The van der Waals surface area contributed by atoms with Gasteiger partial charge in [-0.3, -0.25) is 4.79 Å². The number of nitrogens with zero attached hydrogens (tertiary/aromatic N) is 1. The molecule has 1 aromatic heterocycles. The van der Waals surface area contributed by atoms with E-state index in [4.69, 9.17) is 0 Å². The molecule has 0 bridgehead atoms. The number of anilines is 1. The Kier molecular flexibility index (Phi) is 3.84. The summed E-state index contributed by atoms with van der Waals surface area (Å²) in [5.74, 6) is 0.878. The molecule has 1 aliphatic carbocycles. The Morgan fingerprint density at radius 1 is 1.53 bits per heavy atom. The Morgan fingerprint density at radius 3 is 3.16 bits per heavy atom. The van der Waals surface area contributed by atoms with Crippen LogP contribution >= 0.6 is 11.3 Å². The monoisotopic (exact) mass is 279 g/mol. The highest BCUT2D eigenvalue weighted by Gasteiger charge is 2.25. The number of hydrogen-bond donors (Lipinski definition) is 2. The fraction of sp³-hybridized carbons (Fsp3) is 0.714. The minimum absolute atomic E-state index is 0.0238. The summed E-state index contributed by atoms with van der Waals surface area (Å²) in [5.41, 5.74) is 1.21. The van der Waals surface area contributed by atoms with Crippen LogP contribution in [0.25, 0.3) is 0 Å². The molecule has 1 aromatic rings. The number of rotatable bonds is 3. The molecule has 1 amide bonds. The van der Waals surface area contributed by atoms with E-state index in [1.54, 1.807) is 11.3 Å². The van der Waals surface area contributed by atoms with E-state index in [1.807, 2.05) is 0 Å². The van der Waals surface area contributed by atoms with E-state index in [9.17, 15) is 4.79 Å². The number of thiazole rings is 1. The van der Waals surface area contributed by atoms with E-state index in [0.717, 1.165) is 43.3 Å². The molecule has 2 heterocycles. The molecule has 19 heavy (non-hydrogen) atoms. The van der Waals surface area contributed by atoms with E-state index < -0.39 is 0 Å². The van der Waals surface area contributed by atoms with Gasteiger partial charge in [0.15, 0.2) is 5.13 Å². The van der Waals surface area contributed by atoms with Gasteiger partial charge in [-0.2, -0.15) is 0 Å². The van der Waals surface area contributed by atoms with Gasteiger partial charge in [-0.25, -0.2) is 4.98 Å². The standard InChI is InChI=1S/C14H21N3OS/c1-2-9-5-6-10-12(8-9)19-14(16-10)17-13(18)11-4-3-7-15-11/h9,11,15H,2-8H2,1H3,(H,16,17,18). The summed E-state index contributed by atoms with van der Waals surface area (Å²) in [4.78, 5) is 18.0. The highest BCUT2D eigenvalue weighted by molar-refractivity contribution is 7.15. The van der Waals surface area contributed by atoms with Crippen LogP contribution in [0.1, 0.15) is 43.2 Å². The quantitative estimate of drug-likeness (QED) is 0.893. The molecule has 2 aliphatic rings. The van der Waals surface area contributed by atoms with E-state index in [1.165, 1.54) is 23.4 Å². The van der Waals surface area contributed by atoms with Gasteiger partial charge >= 0.3 is 0 Å². The van der Waals surface area contributed by atoms with Crippen LogP contribution in [0.5, 0.6) is 0 Å². The molecule has 104 valence electrons. The minimum Gasteiger partial charge on any atom is -0.306 e. The lowest BCUT2D eigenvalue weighted by molar-refractivity contribution is -0.117. The van der Waals surface area contributed by atoms with Crippen LogP contribution in [0.2, 0.25) is 0 Å². The summed E-state index contributed by atoms with van der Waals surface area (Å²) >= 11 is 1.67. The largest absolute Gasteiger partial charge is 0.306 e. The molecule has 3 rings (SSSR count). The van der Waals surface area contributed by atoms with Crippen LogP contribution in [0.15, 0.2) is 0 Å². The highest BCUT2D eigenvalue weighted by Crippen LogP contribution is 2.33. The van der Waals surface area contributed by atoms with Crippen molar-refractivity contribution in [1.29, 1.82) is 0 Å². The number of amides is 1. The fourth-order valence-electron chi connectivity index (χ4n) is 2.95. The first-order valence-electron chi connectivity index (χ1n) is 7.29. The third-order valence-electron chi connectivity index (χ3n) is 4.23. The van der Waals surface area contributed by atoms with Crippen molar-refractivity contribution < 1.29 is 4.79 Å². The second-order valence-electron chi connectivity index (χ2n) is 5.54. The van der Waals surface area contributed by atoms with Crippen molar-refractivity contribution in [3.8, 4) is 0 Å². The number of aryl methyl sites for hydroxylation is 1. The number of carbonyl (C=O) groups is 1. The molecular weight excluding hydrogens is 258 g/mol. The van der Waals surface area contributed by atoms with Crippen LogP contribution in [0, 0.1) is 5.92 Å². The van der Waals surface area contributed by atoms with Gasteiger partial charge in [0.25, 0.3) is 0 Å². The number of hydrogen-bond acceptors (Lipinski definition) is 4. The zero-order valence-corrected chi connectivity index (χ0v) is 12.2. The summed E-state index contributed by atoms with van der Waals surface area (Å²) in [6.45, 7) is 3.20. The topological polar surface area (TPSA) is 54.0 Å². The Balaban J connectivity index is 1.66. The predicted octanol–water partition coefficient (Wildman–Crippen LogP) is 2.35. The summed E-state index contributed by atoms with van der Waals surface area (Å²) in [6.07, 6.45) is 6.72. The molecule has 2 N–H and O–H groups in total. The first kappa shape index (κ1) is 13.1. The van der Waals surface area contributed by atoms with Crippen LogP contribution in [-0.4, -0.2) is 23.5 Å². The Morgan fingerprint density at radius 2 is 2.42 bits per heavy atom. The minimum atomic E-state index is -0.0238. The smallest absolute Gasteiger partial charge is 0.243 e. The van der Waals surface area contributed by atoms with Crippen molar-refractivity contribution in [2.24, 2.45) is 5.92 Å². The molecule has 0 radical (unpaired) electrons. The van der Waals surface area contributed by atoms with Crippen molar-refractivity contribution in [2.75, 3.05) is 11.9 Å². The number of nitrogens with one attached hydrogen (secondary N) is 2. The molecule has 1 saturated heterocycles. The second-order valence-corrected chi connectivity index (χ2v) is 6.63. The maximum atomic E-state index is 12.0. The summed E-state index contributed by atoms with van der Waals surface area (Å²) in [5, 5.41) is 6.99. The first-order chi connectivity index (χ1) is 9.26. The van der Waals surface area contributed by atoms with Crippen molar-refractivity contribution >= 4 is 22.4 Å². The third-order valence-corrected chi connectivity index (χ3v) is 5.26. The first-order valence-corrected chi connectivity index (χ1v) is 8.10. The maximum absolute atomic E-state index is 12.0. The van der Waals surface area contributed by atoms with Crippen molar-refractivity contribution in [2.45, 2.75) is 51.5 Å². The lowest BCUT2D eigenvalue weighted by Gasteiger charge is -2.18. The lowest BCUT2D eigenvalue weighted by Crippen LogP contribution is -2.35. The molecule has 1 fully saturated rings. The zero-order chi connectivity index (χ0) is 13.2. The molecule has 1 aliphatic heterocycles. The molecular formula is C14H21N3OS. The maximum Gasteiger partial charge on any atom is 0.243 e. The molecule has 4 nitrogen and oxygen atoms in total. The van der Waals surface area contributed by atoms with E-state index in [0.29, 0.717) is 0 Å². The van der Waals surface area contributed by atoms with Crippen LogP contribution in [0.4, 0.5) is 5.13 Å². The van der Waals surface area contributed by atoms with E-state index in [2.05, 4.69) is 22.5 Å². The van der Waals surface area contributed by atoms with Crippen LogP contribution in [-0.2, 0) is 17.6 Å². The van der Waals surface area contributed by atoms with Gasteiger partial charge in [-0.1, -0.05) is 13.3 Å². The lowest BCUT2D eigenvalue weighted by atomic mass is 9.89. The van der Waals surface area contributed by atoms with Gasteiger partial charge in [-0.15, -0.1) is 11.3 Å². The van der Waals surface area contributed by atoms with Gasteiger partial charge < -0.3 is 10.6 Å². The van der Waals surface area contributed by atoms with E-state index in [-0.39, 0.29) is 11.9 Å². The zero-order valence-electron chi connectivity index (χ0n) is 11.4. The third kappa shape index (κ3) is 2.82. The normalized spacial score (nSPS) is 26.2. The van der Waals surface area contributed by atoms with Crippen LogP contribution < -0.4 is 10.6 Å². The molecule has 0 saturated carbocycles. The Hall–Kier alpha value is -0.940.